The van der Waals surface area contributed by atoms with Crippen LogP contribution in [0.3, 0.4) is 0 Å². The van der Waals surface area contributed by atoms with E-state index in [4.69, 9.17) is 4.74 Å². The lowest BCUT2D eigenvalue weighted by Crippen LogP contribution is -2.47. The van der Waals surface area contributed by atoms with Crippen LogP contribution in [0.4, 0.5) is 0 Å². The molecule has 3 atom stereocenters. The molecule has 1 aromatic carbocycles. The summed E-state index contributed by atoms with van der Waals surface area (Å²) in [4.78, 5) is 2.26. The molecule has 1 N–H and O–H groups in total. The molecule has 3 fully saturated rings. The third-order valence-corrected chi connectivity index (χ3v) is 8.50. The highest BCUT2D eigenvalue weighted by Crippen LogP contribution is 2.47. The molecule has 3 saturated heterocycles. The number of ether oxygens (including phenoxy) is 1. The highest BCUT2D eigenvalue weighted by atomic mass is 32.2. The SMILES string of the molecule is COc1ccc([C@H]2[C@H]3CN(CCO)C[C@H]3CN2S(=O)(=O)N2CCCCC2)cc1. The van der Waals surface area contributed by atoms with E-state index in [1.807, 2.05) is 24.3 Å². The summed E-state index contributed by atoms with van der Waals surface area (Å²) in [6.07, 6.45) is 2.99. The fourth-order valence-electron chi connectivity index (χ4n) is 5.12. The van der Waals surface area contributed by atoms with Gasteiger partial charge in [0.15, 0.2) is 0 Å². The Labute approximate surface area is 168 Å². The number of piperidine rings is 1. The van der Waals surface area contributed by atoms with E-state index in [1.165, 1.54) is 0 Å². The number of likely N-dealkylation sites (tertiary alicyclic amines) is 1. The minimum atomic E-state index is -3.48. The third kappa shape index (κ3) is 3.68. The van der Waals surface area contributed by atoms with Gasteiger partial charge < -0.3 is 14.7 Å². The molecule has 0 spiro atoms. The number of fused-ring (bicyclic) bond motifs is 1. The summed E-state index contributed by atoms with van der Waals surface area (Å²) in [5.74, 6) is 1.33. The Balaban J connectivity index is 1.65. The number of benzene rings is 1. The Kier molecular flexibility index (Phi) is 5.94. The van der Waals surface area contributed by atoms with Crippen LogP contribution < -0.4 is 4.74 Å². The van der Waals surface area contributed by atoms with Gasteiger partial charge in [0.2, 0.25) is 0 Å². The van der Waals surface area contributed by atoms with Gasteiger partial charge in [-0.2, -0.15) is 17.0 Å². The molecule has 0 amide bonds. The molecule has 3 heterocycles. The standard InChI is InChI=1S/C20H31N3O4S/c1-27-18-7-5-16(6-8-18)20-19-15-21(11-12-24)13-17(19)14-23(20)28(25,26)22-9-3-2-4-10-22/h5-8,17,19-20,24H,2-4,9-15H2,1H3/t17-,19-,20-/m0/s1. The number of aliphatic hydroxyl groups is 1. The minimum absolute atomic E-state index is 0.141. The maximum absolute atomic E-state index is 13.5. The normalized spacial score (nSPS) is 29.9. The predicted octanol–water partition coefficient (Wildman–Crippen LogP) is 1.32. The van der Waals surface area contributed by atoms with Crippen LogP contribution in [0, 0.1) is 11.8 Å². The van der Waals surface area contributed by atoms with E-state index in [-0.39, 0.29) is 18.6 Å². The molecule has 0 aliphatic carbocycles. The molecule has 0 saturated carbocycles. The van der Waals surface area contributed by atoms with Gasteiger partial charge in [-0.1, -0.05) is 18.6 Å². The van der Waals surface area contributed by atoms with Gasteiger partial charge in [0.25, 0.3) is 10.2 Å². The first-order valence-electron chi connectivity index (χ1n) is 10.3. The molecule has 4 rings (SSSR count). The second kappa shape index (κ2) is 8.28. The van der Waals surface area contributed by atoms with Crippen molar-refractivity contribution >= 4 is 10.2 Å². The number of hydrogen-bond acceptors (Lipinski definition) is 5. The minimum Gasteiger partial charge on any atom is -0.497 e. The summed E-state index contributed by atoms with van der Waals surface area (Å²) in [7, 11) is -1.84. The van der Waals surface area contributed by atoms with Crippen molar-refractivity contribution in [2.75, 3.05) is 53.0 Å². The summed E-state index contributed by atoms with van der Waals surface area (Å²) in [6.45, 7) is 4.28. The van der Waals surface area contributed by atoms with Crippen LogP contribution in [0.15, 0.2) is 24.3 Å². The summed E-state index contributed by atoms with van der Waals surface area (Å²) in [6, 6.07) is 7.66. The maximum Gasteiger partial charge on any atom is 0.282 e. The van der Waals surface area contributed by atoms with E-state index in [9.17, 15) is 13.5 Å². The fraction of sp³-hybridized carbons (Fsp3) is 0.700. The van der Waals surface area contributed by atoms with Crippen molar-refractivity contribution in [1.82, 2.24) is 13.5 Å². The van der Waals surface area contributed by atoms with Crippen molar-refractivity contribution in [2.24, 2.45) is 11.8 Å². The van der Waals surface area contributed by atoms with Crippen molar-refractivity contribution in [2.45, 2.75) is 25.3 Å². The van der Waals surface area contributed by atoms with Crippen molar-refractivity contribution in [1.29, 1.82) is 0 Å². The zero-order chi connectivity index (χ0) is 19.7. The molecule has 0 radical (unpaired) electrons. The number of β-amino-alcohol motifs (C(OH)–C–C–N with tert-alkyl or cyclic N) is 1. The molecule has 8 heteroatoms. The van der Waals surface area contributed by atoms with E-state index in [2.05, 4.69) is 4.90 Å². The largest absolute Gasteiger partial charge is 0.497 e. The van der Waals surface area contributed by atoms with Gasteiger partial charge in [-0.05, 0) is 42.4 Å². The van der Waals surface area contributed by atoms with Crippen LogP contribution >= 0.6 is 0 Å². The first-order chi connectivity index (χ1) is 13.5. The summed E-state index contributed by atoms with van der Waals surface area (Å²) in [5.41, 5.74) is 1.03. The maximum atomic E-state index is 13.5. The molecule has 28 heavy (non-hydrogen) atoms. The smallest absolute Gasteiger partial charge is 0.282 e. The molecular formula is C20H31N3O4S. The van der Waals surface area contributed by atoms with Crippen LogP contribution in [-0.4, -0.2) is 80.0 Å². The van der Waals surface area contributed by atoms with Crippen molar-refractivity contribution in [3.05, 3.63) is 29.8 Å². The molecule has 3 aliphatic heterocycles. The van der Waals surface area contributed by atoms with Crippen LogP contribution in [0.1, 0.15) is 30.9 Å². The molecule has 156 valence electrons. The lowest BCUT2D eigenvalue weighted by Gasteiger charge is -2.35. The zero-order valence-corrected chi connectivity index (χ0v) is 17.4. The lowest BCUT2D eigenvalue weighted by atomic mass is 9.90. The highest BCUT2D eigenvalue weighted by molar-refractivity contribution is 7.86. The Hall–Kier alpha value is -1.19. The highest BCUT2D eigenvalue weighted by Gasteiger charge is 2.52. The summed E-state index contributed by atoms with van der Waals surface area (Å²) >= 11 is 0. The molecule has 7 nitrogen and oxygen atoms in total. The van der Waals surface area contributed by atoms with E-state index < -0.39 is 10.2 Å². The van der Waals surface area contributed by atoms with Gasteiger partial charge in [0.05, 0.1) is 19.8 Å². The van der Waals surface area contributed by atoms with Gasteiger partial charge in [0, 0.05) is 39.3 Å². The molecule has 1 aromatic rings. The van der Waals surface area contributed by atoms with Crippen LogP contribution in [0.5, 0.6) is 5.75 Å². The predicted molar refractivity (Wildman–Crippen MR) is 107 cm³/mol. The van der Waals surface area contributed by atoms with Gasteiger partial charge in [-0.3, -0.25) is 0 Å². The number of hydrogen-bond donors (Lipinski definition) is 1. The quantitative estimate of drug-likeness (QED) is 0.767. The molecule has 0 aromatic heterocycles. The van der Waals surface area contributed by atoms with Gasteiger partial charge >= 0.3 is 0 Å². The van der Waals surface area contributed by atoms with E-state index in [0.29, 0.717) is 32.1 Å². The van der Waals surface area contributed by atoms with E-state index >= 15 is 0 Å². The van der Waals surface area contributed by atoms with Crippen LogP contribution in [-0.2, 0) is 10.2 Å². The number of nitrogens with zero attached hydrogens (tertiary/aromatic N) is 3. The Morgan fingerprint density at radius 3 is 2.43 bits per heavy atom. The zero-order valence-electron chi connectivity index (χ0n) is 16.5. The average Bonchev–Trinajstić information content (AvgIpc) is 3.27. The molecule has 0 unspecified atom stereocenters. The van der Waals surface area contributed by atoms with E-state index in [1.54, 1.807) is 15.7 Å². The first kappa shape index (κ1) is 20.1. The van der Waals surface area contributed by atoms with E-state index in [0.717, 1.165) is 43.7 Å². The second-order valence-electron chi connectivity index (χ2n) is 8.16. The van der Waals surface area contributed by atoms with Crippen molar-refractivity contribution in [3.8, 4) is 5.75 Å². The van der Waals surface area contributed by atoms with Crippen molar-refractivity contribution < 1.29 is 18.3 Å². The van der Waals surface area contributed by atoms with Gasteiger partial charge in [0.1, 0.15) is 5.75 Å². The number of rotatable bonds is 6. The molecular weight excluding hydrogens is 378 g/mol. The Morgan fingerprint density at radius 2 is 1.79 bits per heavy atom. The third-order valence-electron chi connectivity index (χ3n) is 6.51. The average molecular weight is 410 g/mol. The summed E-state index contributed by atoms with van der Waals surface area (Å²) < 4.78 is 35.7. The first-order valence-corrected chi connectivity index (χ1v) is 11.7. The van der Waals surface area contributed by atoms with Gasteiger partial charge in [-0.25, -0.2) is 0 Å². The van der Waals surface area contributed by atoms with Crippen LogP contribution in [0.2, 0.25) is 0 Å². The van der Waals surface area contributed by atoms with Crippen molar-refractivity contribution in [3.63, 3.8) is 0 Å². The lowest BCUT2D eigenvalue weighted by molar-refractivity contribution is 0.198. The topological polar surface area (TPSA) is 73.3 Å². The molecule has 3 aliphatic rings. The second-order valence-corrected chi connectivity index (χ2v) is 10.0. The molecule has 0 bridgehead atoms. The monoisotopic (exact) mass is 409 g/mol. The van der Waals surface area contributed by atoms with Crippen LogP contribution in [0.25, 0.3) is 0 Å². The van der Waals surface area contributed by atoms with Gasteiger partial charge in [-0.15, -0.1) is 0 Å². The number of methoxy groups -OCH3 is 1. The Bertz CT molecular complexity index is 764. The fourth-order valence-corrected chi connectivity index (χ4v) is 7.08. The Morgan fingerprint density at radius 1 is 1.07 bits per heavy atom. The number of aliphatic hydroxyl groups excluding tert-OH is 1. The summed E-state index contributed by atoms with van der Waals surface area (Å²) in [5, 5.41) is 9.31.